The molecule has 0 radical (unpaired) electrons. The summed E-state index contributed by atoms with van der Waals surface area (Å²) in [5.41, 5.74) is -0.0485. The fourth-order valence-electron chi connectivity index (χ4n) is 4.77. The molecule has 0 N–H and O–H groups in total. The minimum Gasteiger partial charge on any atom is -0.439 e. The van der Waals surface area contributed by atoms with Crippen molar-refractivity contribution < 1.29 is 23.5 Å². The van der Waals surface area contributed by atoms with Crippen molar-refractivity contribution in [1.29, 1.82) is 0 Å². The minimum absolute atomic E-state index is 0.124. The molecule has 7 nitrogen and oxygen atoms in total. The molecule has 192 valence electrons. The largest absolute Gasteiger partial charge is 0.439 e. The van der Waals surface area contributed by atoms with Crippen molar-refractivity contribution in [1.82, 2.24) is 14.8 Å². The Labute approximate surface area is 223 Å². The maximum Gasteiger partial charge on any atom is 0.255 e. The van der Waals surface area contributed by atoms with Gasteiger partial charge >= 0.3 is 0 Å². The van der Waals surface area contributed by atoms with E-state index in [0.717, 1.165) is 6.42 Å². The van der Waals surface area contributed by atoms with Crippen LogP contribution in [0.3, 0.4) is 0 Å². The van der Waals surface area contributed by atoms with Gasteiger partial charge in [0.25, 0.3) is 11.8 Å². The van der Waals surface area contributed by atoms with E-state index in [2.05, 4.69) is 4.98 Å². The van der Waals surface area contributed by atoms with Crippen molar-refractivity contribution >= 4 is 35.0 Å². The second kappa shape index (κ2) is 10.7. The fraction of sp³-hybridized carbons (Fsp3) is 0.296. The van der Waals surface area contributed by atoms with Crippen LogP contribution in [0.15, 0.2) is 60.8 Å². The molecule has 2 aliphatic rings. The number of carbonyl (C=O) groups is 2. The van der Waals surface area contributed by atoms with Crippen LogP contribution < -0.4 is 4.74 Å². The summed E-state index contributed by atoms with van der Waals surface area (Å²) in [5.74, 6) is -0.167. The summed E-state index contributed by atoms with van der Waals surface area (Å²) in [4.78, 5) is 33.9. The van der Waals surface area contributed by atoms with Gasteiger partial charge in [-0.1, -0.05) is 29.3 Å². The summed E-state index contributed by atoms with van der Waals surface area (Å²) in [6.45, 7) is 1.92. The standard InChI is InChI=1S/C27H24Cl2FN3O4/c28-19-7-10-23(31-15-19)37-20-8-5-18(6-9-20)25(34)32-12-2-11-27(16-32)17-33(13-14-36-27)26(35)21-3-1-4-22(30)24(21)29/h1,3-10,15H,2,11-14,16-17H2. The van der Waals surface area contributed by atoms with Gasteiger partial charge in [-0.15, -0.1) is 0 Å². The van der Waals surface area contributed by atoms with Crippen molar-refractivity contribution in [2.75, 3.05) is 32.8 Å². The quantitative estimate of drug-likeness (QED) is 0.436. The van der Waals surface area contributed by atoms with Gasteiger partial charge in [-0.2, -0.15) is 0 Å². The van der Waals surface area contributed by atoms with E-state index in [-0.39, 0.29) is 22.4 Å². The normalized spacial score (nSPS) is 19.6. The summed E-state index contributed by atoms with van der Waals surface area (Å²) in [5, 5.41) is 0.326. The molecule has 2 aliphatic heterocycles. The van der Waals surface area contributed by atoms with Crippen molar-refractivity contribution in [3.8, 4) is 11.6 Å². The first kappa shape index (κ1) is 25.4. The zero-order valence-corrected chi connectivity index (χ0v) is 21.3. The molecule has 0 aliphatic carbocycles. The van der Waals surface area contributed by atoms with E-state index in [1.54, 1.807) is 46.2 Å². The van der Waals surface area contributed by atoms with E-state index in [9.17, 15) is 14.0 Å². The minimum atomic E-state index is -0.690. The van der Waals surface area contributed by atoms with Gasteiger partial charge in [0, 0.05) is 30.9 Å². The van der Waals surface area contributed by atoms with Gasteiger partial charge in [0.1, 0.15) is 17.2 Å². The van der Waals surface area contributed by atoms with Gasteiger partial charge in [-0.25, -0.2) is 9.37 Å². The van der Waals surface area contributed by atoms with E-state index in [1.807, 2.05) is 0 Å². The highest BCUT2D eigenvalue weighted by Crippen LogP contribution is 2.32. The molecular weight excluding hydrogens is 520 g/mol. The van der Waals surface area contributed by atoms with E-state index in [4.69, 9.17) is 32.7 Å². The van der Waals surface area contributed by atoms with E-state index in [1.165, 1.54) is 24.4 Å². The molecule has 3 heterocycles. The fourth-order valence-corrected chi connectivity index (χ4v) is 5.09. The summed E-state index contributed by atoms with van der Waals surface area (Å²) in [6, 6.07) is 14.4. The average Bonchev–Trinajstić information content (AvgIpc) is 2.91. The average molecular weight is 544 g/mol. The number of benzene rings is 2. The number of halogens is 3. The van der Waals surface area contributed by atoms with E-state index < -0.39 is 11.4 Å². The molecule has 1 atom stereocenters. The highest BCUT2D eigenvalue weighted by atomic mass is 35.5. The van der Waals surface area contributed by atoms with E-state index >= 15 is 0 Å². The number of amides is 2. The lowest BCUT2D eigenvalue weighted by atomic mass is 9.90. The molecule has 10 heteroatoms. The molecule has 1 spiro atoms. The lowest BCUT2D eigenvalue weighted by Crippen LogP contribution is -2.61. The maximum atomic E-state index is 13.9. The molecule has 5 rings (SSSR count). The SMILES string of the molecule is O=C(c1ccc(Oc2ccc(Cl)cn2)cc1)N1CCCC2(C1)CN(C(=O)c1cccc(F)c1Cl)CCO2. The van der Waals surface area contributed by atoms with Gasteiger partial charge in [-0.05, 0) is 55.3 Å². The number of ether oxygens (including phenoxy) is 2. The Morgan fingerprint density at radius 3 is 2.46 bits per heavy atom. The Morgan fingerprint density at radius 1 is 0.973 bits per heavy atom. The molecule has 2 saturated heterocycles. The number of nitrogens with zero attached hydrogens (tertiary/aromatic N) is 3. The number of aromatic nitrogens is 1. The number of likely N-dealkylation sites (tertiary alicyclic amines) is 1. The summed E-state index contributed by atoms with van der Waals surface area (Å²) in [6.07, 6.45) is 2.94. The van der Waals surface area contributed by atoms with Crippen LogP contribution in [0.5, 0.6) is 11.6 Å². The van der Waals surface area contributed by atoms with Crippen molar-refractivity contribution in [2.45, 2.75) is 18.4 Å². The number of pyridine rings is 1. The first-order valence-electron chi connectivity index (χ1n) is 11.9. The monoisotopic (exact) mass is 543 g/mol. The number of morpholine rings is 1. The number of carbonyl (C=O) groups excluding carboxylic acids is 2. The van der Waals surface area contributed by atoms with Crippen LogP contribution in [0.2, 0.25) is 10.0 Å². The Morgan fingerprint density at radius 2 is 1.73 bits per heavy atom. The van der Waals surface area contributed by atoms with Gasteiger partial charge in [0.05, 0.1) is 35.3 Å². The summed E-state index contributed by atoms with van der Waals surface area (Å²) in [7, 11) is 0. The highest BCUT2D eigenvalue weighted by Gasteiger charge is 2.43. The lowest BCUT2D eigenvalue weighted by Gasteiger charge is -2.48. The van der Waals surface area contributed by atoms with Gasteiger partial charge in [-0.3, -0.25) is 9.59 Å². The molecule has 1 unspecified atom stereocenters. The van der Waals surface area contributed by atoms with Gasteiger partial charge in [0.15, 0.2) is 0 Å². The highest BCUT2D eigenvalue weighted by molar-refractivity contribution is 6.34. The Kier molecular flexibility index (Phi) is 7.33. The molecule has 0 bridgehead atoms. The number of hydrogen-bond acceptors (Lipinski definition) is 5. The maximum absolute atomic E-state index is 13.9. The number of hydrogen-bond donors (Lipinski definition) is 0. The third kappa shape index (κ3) is 5.56. The Bertz CT molecular complexity index is 1300. The van der Waals surface area contributed by atoms with Crippen molar-refractivity contribution in [3.63, 3.8) is 0 Å². The second-order valence-corrected chi connectivity index (χ2v) is 9.95. The van der Waals surface area contributed by atoms with Crippen molar-refractivity contribution in [3.05, 3.63) is 87.8 Å². The Hall–Kier alpha value is -3.20. The first-order valence-corrected chi connectivity index (χ1v) is 12.7. The molecule has 2 fully saturated rings. The third-order valence-electron chi connectivity index (χ3n) is 6.57. The molecule has 0 saturated carbocycles. The molecule has 37 heavy (non-hydrogen) atoms. The van der Waals surface area contributed by atoms with Crippen LogP contribution in [-0.4, -0.2) is 65.0 Å². The third-order valence-corrected chi connectivity index (χ3v) is 7.18. The van der Waals surface area contributed by atoms with E-state index in [0.29, 0.717) is 61.4 Å². The van der Waals surface area contributed by atoms with Gasteiger partial charge in [0.2, 0.25) is 5.88 Å². The number of rotatable bonds is 4. The van der Waals surface area contributed by atoms with Gasteiger partial charge < -0.3 is 19.3 Å². The lowest BCUT2D eigenvalue weighted by molar-refractivity contribution is -0.126. The van der Waals surface area contributed by atoms with Crippen LogP contribution >= 0.6 is 23.2 Å². The topological polar surface area (TPSA) is 72.0 Å². The van der Waals surface area contributed by atoms with Crippen molar-refractivity contribution in [2.24, 2.45) is 0 Å². The Balaban J connectivity index is 1.26. The number of piperidine rings is 1. The molecule has 3 aromatic rings. The van der Waals surface area contributed by atoms with Crippen LogP contribution in [0.25, 0.3) is 0 Å². The molecule has 1 aromatic heterocycles. The zero-order valence-electron chi connectivity index (χ0n) is 19.8. The first-order chi connectivity index (χ1) is 17.8. The smallest absolute Gasteiger partial charge is 0.255 e. The van der Waals surface area contributed by atoms with Crippen LogP contribution in [0.4, 0.5) is 4.39 Å². The summed E-state index contributed by atoms with van der Waals surface area (Å²) >= 11 is 11.9. The molecule has 2 amide bonds. The molecule has 2 aromatic carbocycles. The van der Waals surface area contributed by atoms with Crippen LogP contribution in [0.1, 0.15) is 33.6 Å². The summed E-state index contributed by atoms with van der Waals surface area (Å²) < 4.78 is 25.8. The van der Waals surface area contributed by atoms with Crippen LogP contribution in [0, 0.1) is 5.82 Å². The van der Waals surface area contributed by atoms with Crippen LogP contribution in [-0.2, 0) is 4.74 Å². The second-order valence-electron chi connectivity index (χ2n) is 9.13. The zero-order chi connectivity index (χ0) is 26.0. The predicted octanol–water partition coefficient (Wildman–Crippen LogP) is 5.47. The molecular formula is C27H24Cl2FN3O4. The predicted molar refractivity (Wildman–Crippen MR) is 137 cm³/mol.